The summed E-state index contributed by atoms with van der Waals surface area (Å²) in [6.07, 6.45) is 3.21. The lowest BCUT2D eigenvalue weighted by Crippen LogP contribution is -2.71. The number of fused-ring (bicyclic) bond motifs is 1. The van der Waals surface area contributed by atoms with Crippen LogP contribution < -0.4 is 11.1 Å². The number of thiazole rings is 1. The number of carbonyl (C=O) groups excluding carboxylic acids is 4. The van der Waals surface area contributed by atoms with E-state index in [1.54, 1.807) is 19.4 Å². The van der Waals surface area contributed by atoms with Crippen molar-refractivity contribution in [1.82, 2.24) is 15.2 Å². The smallest absolute Gasteiger partial charge is 0.358 e. The number of rotatable bonds is 11. The van der Waals surface area contributed by atoms with Gasteiger partial charge in [-0.15, -0.1) is 23.1 Å². The fourth-order valence-electron chi connectivity index (χ4n) is 4.75. The predicted molar refractivity (Wildman–Crippen MR) is 151 cm³/mol. The Balaban J connectivity index is 1.40. The highest BCUT2D eigenvalue weighted by atomic mass is 32.2. The Hall–Kier alpha value is -3.43. The summed E-state index contributed by atoms with van der Waals surface area (Å²) >= 11 is 2.49. The first-order valence-electron chi connectivity index (χ1n) is 13.1. The van der Waals surface area contributed by atoms with Gasteiger partial charge in [-0.25, -0.2) is 9.78 Å². The number of anilines is 1. The van der Waals surface area contributed by atoms with Gasteiger partial charge in [0.1, 0.15) is 29.4 Å². The van der Waals surface area contributed by atoms with E-state index in [0.717, 1.165) is 24.2 Å². The summed E-state index contributed by atoms with van der Waals surface area (Å²) in [6, 6.07) is -0.943. The molecule has 2 unspecified atom stereocenters. The molecule has 2 amide bonds. The van der Waals surface area contributed by atoms with E-state index in [9.17, 15) is 19.2 Å². The number of esters is 2. The van der Waals surface area contributed by atoms with Gasteiger partial charge in [0.2, 0.25) is 6.29 Å². The molecule has 1 saturated carbocycles. The summed E-state index contributed by atoms with van der Waals surface area (Å²) in [7, 11) is 1.65. The van der Waals surface area contributed by atoms with Crippen LogP contribution in [0.2, 0.25) is 0 Å². The topological polar surface area (TPSA) is 172 Å². The molecule has 15 heteroatoms. The summed E-state index contributed by atoms with van der Waals surface area (Å²) < 4.78 is 16.2. The highest BCUT2D eigenvalue weighted by molar-refractivity contribution is 8.00. The fraction of sp³-hybridized carbons (Fsp3) is 0.538. The second-order valence-corrected chi connectivity index (χ2v) is 11.5. The first-order chi connectivity index (χ1) is 19.7. The molecule has 3 N–H and O–H groups in total. The Morgan fingerprint density at radius 3 is 2.63 bits per heavy atom. The lowest BCUT2D eigenvalue weighted by Gasteiger charge is -2.49. The Kier molecular flexibility index (Phi) is 10.0. The normalized spacial score (nSPS) is 25.0. The Morgan fingerprint density at radius 1 is 1.29 bits per heavy atom. The van der Waals surface area contributed by atoms with Crippen molar-refractivity contribution >= 4 is 57.7 Å². The minimum atomic E-state index is -1.17. The van der Waals surface area contributed by atoms with Gasteiger partial charge in [0.05, 0.1) is 12.0 Å². The Morgan fingerprint density at radius 2 is 2.02 bits per heavy atom. The van der Waals surface area contributed by atoms with Crippen molar-refractivity contribution in [1.29, 1.82) is 0 Å². The highest BCUT2D eigenvalue weighted by Crippen LogP contribution is 2.41. The second kappa shape index (κ2) is 13.5. The van der Waals surface area contributed by atoms with Crippen LogP contribution in [-0.4, -0.2) is 82.6 Å². The third-order valence-electron chi connectivity index (χ3n) is 6.88. The third kappa shape index (κ3) is 6.73. The average Bonchev–Trinajstić information content (AvgIpc) is 3.40. The van der Waals surface area contributed by atoms with Gasteiger partial charge in [-0.2, -0.15) is 0 Å². The lowest BCUT2D eigenvalue weighted by molar-refractivity contribution is -0.188. The van der Waals surface area contributed by atoms with Crippen LogP contribution in [0.1, 0.15) is 45.2 Å². The molecule has 1 aromatic heterocycles. The SMILES string of the molecule is C=CC1=C(C(=O)OC(C)OC(=O)C2CCC(OC)CC2)N2C(=O)C(NC(=O)C(=NOCC)c3csc(N)n3)[C@H]2SC1. The number of amides is 2. The van der Waals surface area contributed by atoms with Gasteiger partial charge in [-0.3, -0.25) is 19.3 Å². The van der Waals surface area contributed by atoms with Crippen molar-refractivity contribution in [3.05, 3.63) is 35.0 Å². The maximum atomic E-state index is 13.2. The summed E-state index contributed by atoms with van der Waals surface area (Å²) in [5.41, 5.74) is 6.28. The zero-order valence-electron chi connectivity index (χ0n) is 23.0. The lowest BCUT2D eigenvalue weighted by atomic mass is 9.87. The number of carbonyl (C=O) groups is 4. The van der Waals surface area contributed by atoms with Crippen LogP contribution in [0.3, 0.4) is 0 Å². The zero-order valence-corrected chi connectivity index (χ0v) is 24.6. The molecular formula is C26H33N5O8S2. The van der Waals surface area contributed by atoms with Gasteiger partial charge in [0.15, 0.2) is 10.8 Å². The minimum Gasteiger partial charge on any atom is -0.425 e. The van der Waals surface area contributed by atoms with Crippen molar-refractivity contribution in [3.63, 3.8) is 0 Å². The van der Waals surface area contributed by atoms with Crippen LogP contribution in [0.5, 0.6) is 0 Å². The molecule has 0 radical (unpaired) electrons. The molecule has 1 saturated heterocycles. The van der Waals surface area contributed by atoms with E-state index >= 15 is 0 Å². The quantitative estimate of drug-likeness (QED) is 0.124. The number of ether oxygens (including phenoxy) is 3. The van der Waals surface area contributed by atoms with Crippen LogP contribution in [0.25, 0.3) is 0 Å². The Bertz CT molecular complexity index is 1260. The summed E-state index contributed by atoms with van der Waals surface area (Å²) in [4.78, 5) is 62.5. The minimum absolute atomic E-state index is 0.00164. The molecule has 1 aromatic rings. The second-order valence-electron chi connectivity index (χ2n) is 9.49. The maximum absolute atomic E-state index is 13.2. The van der Waals surface area contributed by atoms with Crippen molar-refractivity contribution in [2.24, 2.45) is 11.1 Å². The predicted octanol–water partition coefficient (Wildman–Crippen LogP) is 1.94. The standard InChI is InChI=1S/C26H33N5O8S2/c1-5-14-11-40-23-19(29-21(32)18(30-37-6-2)17-12-41-26(27)28-17)22(33)31(23)20(14)25(35)39-13(3)38-24(34)15-7-9-16(36-4)10-8-15/h5,12-13,15-16,19,23H,1,6-11H2,2-4H3,(H2,27,28)(H,29,32)/t13?,15?,16?,19?,23-/m1/s1. The van der Waals surface area contributed by atoms with Gasteiger partial charge in [-0.1, -0.05) is 17.8 Å². The van der Waals surface area contributed by atoms with E-state index in [2.05, 4.69) is 22.0 Å². The number of methoxy groups -OCH3 is 1. The molecule has 1 aliphatic carbocycles. The van der Waals surface area contributed by atoms with Crippen LogP contribution in [0.15, 0.2) is 34.5 Å². The molecule has 222 valence electrons. The van der Waals surface area contributed by atoms with E-state index in [1.807, 2.05) is 0 Å². The van der Waals surface area contributed by atoms with Crippen LogP contribution in [-0.2, 0) is 38.2 Å². The average molecular weight is 608 g/mol. The molecule has 0 spiro atoms. The van der Waals surface area contributed by atoms with Gasteiger partial charge < -0.3 is 30.1 Å². The number of aromatic nitrogens is 1. The number of thioether (sulfide) groups is 1. The highest BCUT2D eigenvalue weighted by Gasteiger charge is 2.54. The first-order valence-corrected chi connectivity index (χ1v) is 15.1. The molecule has 3 heterocycles. The number of nitrogens with zero attached hydrogens (tertiary/aromatic N) is 3. The maximum Gasteiger partial charge on any atom is 0.358 e. The number of β-lactam (4-membered cyclic amide) rings is 1. The van der Waals surface area contributed by atoms with E-state index < -0.39 is 41.5 Å². The molecular weight excluding hydrogens is 574 g/mol. The molecule has 2 fully saturated rings. The molecule has 3 aliphatic rings. The van der Waals surface area contributed by atoms with E-state index in [1.165, 1.54) is 29.7 Å². The van der Waals surface area contributed by atoms with Gasteiger partial charge in [-0.05, 0) is 38.2 Å². The van der Waals surface area contributed by atoms with Gasteiger partial charge >= 0.3 is 11.9 Å². The molecule has 4 rings (SSSR count). The van der Waals surface area contributed by atoms with Crippen LogP contribution in [0.4, 0.5) is 5.13 Å². The molecule has 3 atom stereocenters. The van der Waals surface area contributed by atoms with Gasteiger partial charge in [0.25, 0.3) is 11.8 Å². The fourth-order valence-corrected chi connectivity index (χ4v) is 6.64. The van der Waals surface area contributed by atoms with Crippen molar-refractivity contribution < 1.29 is 38.2 Å². The number of hydrogen-bond acceptors (Lipinski definition) is 13. The van der Waals surface area contributed by atoms with E-state index in [4.69, 9.17) is 24.8 Å². The number of nitrogens with one attached hydrogen (secondary N) is 1. The number of allylic oxidation sites excluding steroid dienone is 1. The van der Waals surface area contributed by atoms with Crippen molar-refractivity contribution in [2.45, 2.75) is 63.3 Å². The molecule has 41 heavy (non-hydrogen) atoms. The van der Waals surface area contributed by atoms with E-state index in [0.29, 0.717) is 24.2 Å². The third-order valence-corrected chi connectivity index (χ3v) is 8.86. The molecule has 0 bridgehead atoms. The van der Waals surface area contributed by atoms with E-state index in [-0.39, 0.29) is 40.9 Å². The number of oxime groups is 1. The van der Waals surface area contributed by atoms with Crippen LogP contribution in [0, 0.1) is 5.92 Å². The summed E-state index contributed by atoms with van der Waals surface area (Å²) in [5.74, 6) is -2.42. The first kappa shape index (κ1) is 30.5. The zero-order chi connectivity index (χ0) is 29.7. The molecule has 13 nitrogen and oxygen atoms in total. The van der Waals surface area contributed by atoms with Crippen molar-refractivity contribution in [3.8, 4) is 0 Å². The van der Waals surface area contributed by atoms with Crippen LogP contribution >= 0.6 is 23.1 Å². The monoisotopic (exact) mass is 607 g/mol. The van der Waals surface area contributed by atoms with Gasteiger partial charge in [0, 0.05) is 25.2 Å². The van der Waals surface area contributed by atoms with Crippen molar-refractivity contribution in [2.75, 3.05) is 25.2 Å². The molecule has 0 aromatic carbocycles. The number of hydrogen-bond donors (Lipinski definition) is 2. The summed E-state index contributed by atoms with van der Waals surface area (Å²) in [6.45, 7) is 7.13. The summed E-state index contributed by atoms with van der Waals surface area (Å²) in [5, 5.41) is 7.74. The largest absolute Gasteiger partial charge is 0.425 e. The number of nitrogens with two attached hydrogens (primary N) is 1. The molecule has 2 aliphatic heterocycles. The number of nitrogen functional groups attached to an aromatic ring is 1. The Labute approximate surface area is 245 Å².